The van der Waals surface area contributed by atoms with E-state index in [4.69, 9.17) is 4.74 Å². The van der Waals surface area contributed by atoms with Crippen molar-refractivity contribution < 1.29 is 14.3 Å². The van der Waals surface area contributed by atoms with Crippen LogP contribution in [0.5, 0.6) is 0 Å². The van der Waals surface area contributed by atoms with Gasteiger partial charge in [-0.3, -0.25) is 15.1 Å². The number of hydrogen-bond donors (Lipinski definition) is 1. The average Bonchev–Trinajstić information content (AvgIpc) is 2.25. The van der Waals surface area contributed by atoms with E-state index in [1.165, 1.54) is 12.3 Å². The Morgan fingerprint density at radius 1 is 1.39 bits per heavy atom. The van der Waals surface area contributed by atoms with Crippen molar-refractivity contribution in [2.75, 3.05) is 5.32 Å². The topological polar surface area (TPSA) is 68.3 Å². The van der Waals surface area contributed by atoms with Crippen LogP contribution in [0.15, 0.2) is 18.3 Å². The minimum atomic E-state index is -0.556. The SMILES string of the molecule is CCC(=O)c1cc(NC(=O)OC(C)(C)C)ccn1. The summed E-state index contributed by atoms with van der Waals surface area (Å²) in [6.07, 6.45) is 1.31. The van der Waals surface area contributed by atoms with Crippen molar-refractivity contribution in [3.05, 3.63) is 24.0 Å². The lowest BCUT2D eigenvalue weighted by molar-refractivity contribution is 0.0635. The summed E-state index contributed by atoms with van der Waals surface area (Å²) in [6.45, 7) is 7.11. The second kappa shape index (κ2) is 5.62. The summed E-state index contributed by atoms with van der Waals surface area (Å²) < 4.78 is 5.11. The zero-order chi connectivity index (χ0) is 13.8. The van der Waals surface area contributed by atoms with Gasteiger partial charge >= 0.3 is 6.09 Å². The van der Waals surface area contributed by atoms with E-state index < -0.39 is 11.7 Å². The molecule has 0 aliphatic carbocycles. The molecule has 1 aromatic rings. The minimum Gasteiger partial charge on any atom is -0.444 e. The van der Waals surface area contributed by atoms with E-state index in [0.717, 1.165) is 0 Å². The number of rotatable bonds is 3. The van der Waals surface area contributed by atoms with Crippen LogP contribution >= 0.6 is 0 Å². The maximum Gasteiger partial charge on any atom is 0.412 e. The van der Waals surface area contributed by atoms with Crippen LogP contribution in [0.2, 0.25) is 0 Å². The molecule has 1 aromatic heterocycles. The molecule has 0 atom stereocenters. The van der Waals surface area contributed by atoms with Gasteiger partial charge in [-0.05, 0) is 32.9 Å². The Hall–Kier alpha value is -1.91. The molecule has 0 unspecified atom stereocenters. The molecule has 5 nitrogen and oxygen atoms in total. The van der Waals surface area contributed by atoms with Crippen molar-refractivity contribution in [2.45, 2.75) is 39.7 Å². The minimum absolute atomic E-state index is 0.0668. The largest absolute Gasteiger partial charge is 0.444 e. The number of anilines is 1. The fourth-order valence-electron chi connectivity index (χ4n) is 1.26. The average molecular weight is 250 g/mol. The molecule has 0 bridgehead atoms. The van der Waals surface area contributed by atoms with Gasteiger partial charge in [-0.2, -0.15) is 0 Å². The third kappa shape index (κ3) is 4.53. The highest BCUT2D eigenvalue weighted by Crippen LogP contribution is 2.13. The lowest BCUT2D eigenvalue weighted by Gasteiger charge is -2.19. The number of ketones is 1. The van der Waals surface area contributed by atoms with Crippen LogP contribution in [0.1, 0.15) is 44.6 Å². The Balaban J connectivity index is 2.74. The highest BCUT2D eigenvalue weighted by Gasteiger charge is 2.16. The van der Waals surface area contributed by atoms with Crippen LogP contribution < -0.4 is 5.32 Å². The van der Waals surface area contributed by atoms with E-state index >= 15 is 0 Å². The van der Waals surface area contributed by atoms with Crippen LogP contribution in [0, 0.1) is 0 Å². The number of amides is 1. The van der Waals surface area contributed by atoms with Crippen molar-refractivity contribution >= 4 is 17.6 Å². The van der Waals surface area contributed by atoms with Crippen LogP contribution in [0.3, 0.4) is 0 Å². The van der Waals surface area contributed by atoms with E-state index in [0.29, 0.717) is 17.8 Å². The number of nitrogens with zero attached hydrogens (tertiary/aromatic N) is 1. The van der Waals surface area contributed by atoms with E-state index in [1.807, 2.05) is 0 Å². The number of carbonyl (C=O) groups is 2. The van der Waals surface area contributed by atoms with Gasteiger partial charge in [-0.15, -0.1) is 0 Å². The third-order valence-corrected chi connectivity index (χ3v) is 2.01. The van der Waals surface area contributed by atoms with E-state index in [2.05, 4.69) is 10.3 Å². The lowest BCUT2D eigenvalue weighted by Crippen LogP contribution is -2.27. The number of pyridine rings is 1. The molecule has 1 heterocycles. The quantitative estimate of drug-likeness (QED) is 0.837. The molecule has 0 saturated heterocycles. The number of carbonyl (C=O) groups excluding carboxylic acids is 2. The summed E-state index contributed by atoms with van der Waals surface area (Å²) in [5.74, 6) is -0.0668. The Morgan fingerprint density at radius 3 is 2.61 bits per heavy atom. The van der Waals surface area contributed by atoms with E-state index in [-0.39, 0.29) is 5.78 Å². The molecule has 0 radical (unpaired) electrons. The van der Waals surface area contributed by atoms with Crippen LogP contribution in [0.25, 0.3) is 0 Å². The molecule has 98 valence electrons. The molecule has 0 aliphatic heterocycles. The smallest absolute Gasteiger partial charge is 0.412 e. The van der Waals surface area contributed by atoms with Gasteiger partial charge in [0.2, 0.25) is 0 Å². The molecular weight excluding hydrogens is 232 g/mol. The highest BCUT2D eigenvalue weighted by atomic mass is 16.6. The van der Waals surface area contributed by atoms with Crippen molar-refractivity contribution in [3.8, 4) is 0 Å². The second-order valence-corrected chi connectivity index (χ2v) is 4.83. The predicted molar refractivity (Wildman–Crippen MR) is 68.7 cm³/mol. The monoisotopic (exact) mass is 250 g/mol. The third-order valence-electron chi connectivity index (χ3n) is 2.01. The van der Waals surface area contributed by atoms with Gasteiger partial charge in [-0.1, -0.05) is 6.92 Å². The van der Waals surface area contributed by atoms with Gasteiger partial charge in [-0.25, -0.2) is 4.79 Å². The lowest BCUT2D eigenvalue weighted by atomic mass is 10.2. The number of nitrogens with one attached hydrogen (secondary N) is 1. The summed E-state index contributed by atoms with van der Waals surface area (Å²) in [4.78, 5) is 27.0. The van der Waals surface area contributed by atoms with Gasteiger partial charge in [0.05, 0.1) is 0 Å². The summed E-state index contributed by atoms with van der Waals surface area (Å²) in [5, 5.41) is 2.56. The first-order chi connectivity index (χ1) is 8.31. The normalized spacial score (nSPS) is 10.9. The summed E-state index contributed by atoms with van der Waals surface area (Å²) in [6, 6.07) is 3.14. The van der Waals surface area contributed by atoms with Gasteiger partial charge in [0.25, 0.3) is 0 Å². The first-order valence-electron chi connectivity index (χ1n) is 5.81. The van der Waals surface area contributed by atoms with Gasteiger partial charge in [0.15, 0.2) is 5.78 Å². The maximum atomic E-state index is 11.5. The molecular formula is C13H18N2O3. The molecule has 18 heavy (non-hydrogen) atoms. The number of ether oxygens (including phenoxy) is 1. The van der Waals surface area contributed by atoms with Crippen molar-refractivity contribution in [3.63, 3.8) is 0 Å². The molecule has 0 fully saturated rings. The molecule has 0 saturated carbocycles. The maximum absolute atomic E-state index is 11.5. The summed E-state index contributed by atoms with van der Waals surface area (Å²) in [7, 11) is 0. The van der Waals surface area contributed by atoms with Crippen molar-refractivity contribution in [2.24, 2.45) is 0 Å². The first-order valence-corrected chi connectivity index (χ1v) is 5.81. The van der Waals surface area contributed by atoms with Crippen LogP contribution in [-0.4, -0.2) is 22.5 Å². The zero-order valence-corrected chi connectivity index (χ0v) is 11.1. The molecule has 1 N–H and O–H groups in total. The molecule has 1 amide bonds. The molecule has 0 aromatic carbocycles. The molecule has 0 aliphatic rings. The van der Waals surface area contributed by atoms with Crippen molar-refractivity contribution in [1.82, 2.24) is 4.98 Å². The predicted octanol–water partition coefficient (Wildman–Crippen LogP) is 3.02. The first kappa shape index (κ1) is 14.2. The highest BCUT2D eigenvalue weighted by molar-refractivity contribution is 5.95. The van der Waals surface area contributed by atoms with Crippen LogP contribution in [-0.2, 0) is 4.74 Å². The standard InChI is InChI=1S/C13H18N2O3/c1-5-11(16)10-8-9(6-7-14-10)15-12(17)18-13(2,3)4/h6-8H,5H2,1-4H3,(H,14,15,17). The fraction of sp³-hybridized carbons (Fsp3) is 0.462. The Bertz CT molecular complexity index is 450. The van der Waals surface area contributed by atoms with Gasteiger partial charge in [0.1, 0.15) is 11.3 Å². The number of aromatic nitrogens is 1. The van der Waals surface area contributed by atoms with Crippen molar-refractivity contribution in [1.29, 1.82) is 0 Å². The van der Waals surface area contributed by atoms with Gasteiger partial charge in [0, 0.05) is 18.3 Å². The van der Waals surface area contributed by atoms with Gasteiger partial charge < -0.3 is 4.74 Å². The van der Waals surface area contributed by atoms with Crippen LogP contribution in [0.4, 0.5) is 10.5 Å². The van der Waals surface area contributed by atoms with E-state index in [1.54, 1.807) is 33.8 Å². The molecule has 0 spiro atoms. The molecule has 1 rings (SSSR count). The summed E-state index contributed by atoms with van der Waals surface area (Å²) in [5.41, 5.74) is 0.279. The summed E-state index contributed by atoms with van der Waals surface area (Å²) >= 11 is 0. The second-order valence-electron chi connectivity index (χ2n) is 4.83. The van der Waals surface area contributed by atoms with E-state index in [9.17, 15) is 9.59 Å². The molecule has 5 heteroatoms. The zero-order valence-electron chi connectivity index (χ0n) is 11.1. The Morgan fingerprint density at radius 2 is 2.06 bits per heavy atom. The number of hydrogen-bond acceptors (Lipinski definition) is 4. The number of Topliss-reactive ketones (excluding diaryl/α,β-unsaturated/α-hetero) is 1. The Labute approximate surface area is 107 Å². The fourth-order valence-corrected chi connectivity index (χ4v) is 1.26. The Kier molecular flexibility index (Phi) is 4.42.